The van der Waals surface area contributed by atoms with Gasteiger partial charge < -0.3 is 4.42 Å². The van der Waals surface area contributed by atoms with E-state index in [0.29, 0.717) is 40.8 Å². The zero-order valence-corrected chi connectivity index (χ0v) is 15.1. The van der Waals surface area contributed by atoms with Crippen LogP contribution >= 0.6 is 0 Å². The average Bonchev–Trinajstić information content (AvgIpc) is 3.43. The summed E-state index contributed by atoms with van der Waals surface area (Å²) in [6.45, 7) is 0. The Kier molecular flexibility index (Phi) is 4.53. The molecular weight excluding hydrogens is 356 g/mol. The quantitative estimate of drug-likeness (QED) is 0.684. The van der Waals surface area contributed by atoms with Crippen LogP contribution in [-0.2, 0) is 4.79 Å². The second-order valence-corrected chi connectivity index (χ2v) is 6.86. The third-order valence-corrected chi connectivity index (χ3v) is 5.13. The second kappa shape index (κ2) is 7.16. The van der Waals surface area contributed by atoms with E-state index in [1.807, 2.05) is 12.1 Å². The van der Waals surface area contributed by atoms with Gasteiger partial charge in [-0.1, -0.05) is 31.0 Å². The van der Waals surface area contributed by atoms with Crippen LogP contribution in [0, 0.1) is 16.7 Å². The molecule has 1 fully saturated rings. The van der Waals surface area contributed by atoms with Gasteiger partial charge in [-0.2, -0.15) is 5.26 Å². The van der Waals surface area contributed by atoms with Crippen molar-refractivity contribution in [3.8, 4) is 17.5 Å². The van der Waals surface area contributed by atoms with Crippen molar-refractivity contribution in [3.05, 3.63) is 54.3 Å². The SMILES string of the molecule is N#CC1(C(=O)NNC(=O)c2cc(-c3ccco3)nc3ccccc23)CCCC1. The highest BCUT2D eigenvalue weighted by atomic mass is 16.3. The molecule has 28 heavy (non-hydrogen) atoms. The molecule has 1 aliphatic rings. The smallest absolute Gasteiger partial charge is 0.270 e. The number of furan rings is 1. The maximum atomic E-state index is 12.8. The molecule has 7 heteroatoms. The number of nitrogens with zero attached hydrogens (tertiary/aromatic N) is 2. The number of carbonyl (C=O) groups is 2. The van der Waals surface area contributed by atoms with Crippen LogP contribution in [0.1, 0.15) is 36.0 Å². The van der Waals surface area contributed by atoms with Crippen LogP contribution in [-0.4, -0.2) is 16.8 Å². The minimum absolute atomic E-state index is 0.356. The van der Waals surface area contributed by atoms with Crippen LogP contribution < -0.4 is 10.9 Å². The molecule has 2 N–H and O–H groups in total. The number of para-hydroxylation sites is 1. The van der Waals surface area contributed by atoms with Gasteiger partial charge in [0.2, 0.25) is 0 Å². The summed E-state index contributed by atoms with van der Waals surface area (Å²) in [6.07, 6.45) is 4.21. The van der Waals surface area contributed by atoms with Gasteiger partial charge in [0.05, 0.1) is 23.4 Å². The number of aromatic nitrogens is 1. The Morgan fingerprint density at radius 3 is 2.61 bits per heavy atom. The number of pyridine rings is 1. The second-order valence-electron chi connectivity index (χ2n) is 6.86. The predicted octanol–water partition coefficient (Wildman–Crippen LogP) is 3.34. The zero-order valence-electron chi connectivity index (χ0n) is 15.1. The van der Waals surface area contributed by atoms with Gasteiger partial charge in [0, 0.05) is 5.39 Å². The highest BCUT2D eigenvalue weighted by Gasteiger charge is 2.41. The Balaban J connectivity index is 1.62. The van der Waals surface area contributed by atoms with Crippen molar-refractivity contribution in [2.45, 2.75) is 25.7 Å². The third kappa shape index (κ3) is 3.09. The number of hydrogen-bond donors (Lipinski definition) is 2. The fourth-order valence-corrected chi connectivity index (χ4v) is 3.58. The molecule has 0 radical (unpaired) electrons. The lowest BCUT2D eigenvalue weighted by Crippen LogP contribution is -2.48. The first kappa shape index (κ1) is 17.7. The molecule has 3 aromatic rings. The van der Waals surface area contributed by atoms with Gasteiger partial charge in [-0.15, -0.1) is 0 Å². The highest BCUT2D eigenvalue weighted by Crippen LogP contribution is 2.37. The van der Waals surface area contributed by atoms with Gasteiger partial charge in [0.1, 0.15) is 11.1 Å². The van der Waals surface area contributed by atoms with E-state index >= 15 is 0 Å². The summed E-state index contributed by atoms with van der Waals surface area (Å²) in [5, 5.41) is 10.1. The van der Waals surface area contributed by atoms with E-state index in [1.54, 1.807) is 30.3 Å². The molecule has 7 nitrogen and oxygen atoms in total. The molecule has 1 aromatic carbocycles. The lowest BCUT2D eigenvalue weighted by atomic mass is 9.87. The minimum Gasteiger partial charge on any atom is -0.463 e. The summed E-state index contributed by atoms with van der Waals surface area (Å²) in [5.41, 5.74) is 5.33. The highest BCUT2D eigenvalue weighted by molar-refractivity contribution is 6.07. The molecule has 140 valence electrons. The molecule has 2 amide bonds. The van der Waals surface area contributed by atoms with Crippen LogP contribution in [0.5, 0.6) is 0 Å². The molecule has 1 aliphatic carbocycles. The van der Waals surface area contributed by atoms with E-state index < -0.39 is 17.2 Å². The Bertz CT molecular complexity index is 1080. The van der Waals surface area contributed by atoms with Crippen LogP contribution in [0.25, 0.3) is 22.4 Å². The van der Waals surface area contributed by atoms with Gasteiger partial charge >= 0.3 is 0 Å². The standard InChI is InChI=1S/C21H18N4O3/c22-13-21(9-3-4-10-21)20(27)25-24-19(26)15-12-17(18-8-5-11-28-18)23-16-7-2-1-6-14(15)16/h1-2,5-8,11-12H,3-4,9-10H2,(H,24,26)(H,25,27). The van der Waals surface area contributed by atoms with Crippen molar-refractivity contribution in [2.24, 2.45) is 5.41 Å². The summed E-state index contributed by atoms with van der Waals surface area (Å²) in [7, 11) is 0. The van der Waals surface area contributed by atoms with Gasteiger partial charge in [0.15, 0.2) is 5.76 Å². The summed E-state index contributed by atoms with van der Waals surface area (Å²) in [6, 6.07) is 14.5. The number of nitriles is 1. The molecule has 0 bridgehead atoms. The van der Waals surface area contributed by atoms with Crippen LogP contribution in [0.15, 0.2) is 53.1 Å². The maximum absolute atomic E-state index is 12.8. The number of hydrazine groups is 1. The van der Waals surface area contributed by atoms with Crippen molar-refractivity contribution < 1.29 is 14.0 Å². The van der Waals surface area contributed by atoms with E-state index in [-0.39, 0.29) is 0 Å². The largest absolute Gasteiger partial charge is 0.463 e. The molecule has 2 heterocycles. The number of amides is 2. The maximum Gasteiger partial charge on any atom is 0.270 e. The molecule has 0 unspecified atom stereocenters. The number of benzene rings is 1. The summed E-state index contributed by atoms with van der Waals surface area (Å²) in [4.78, 5) is 29.8. The van der Waals surface area contributed by atoms with Gasteiger partial charge in [-0.05, 0) is 37.1 Å². The lowest BCUT2D eigenvalue weighted by Gasteiger charge is -2.19. The van der Waals surface area contributed by atoms with Gasteiger partial charge in [0.25, 0.3) is 11.8 Å². The first-order valence-corrected chi connectivity index (χ1v) is 9.09. The molecule has 0 atom stereocenters. The first-order chi connectivity index (χ1) is 13.6. The Morgan fingerprint density at radius 2 is 1.89 bits per heavy atom. The number of rotatable bonds is 3. The number of hydrogen-bond acceptors (Lipinski definition) is 5. The zero-order chi connectivity index (χ0) is 19.6. The predicted molar refractivity (Wildman–Crippen MR) is 102 cm³/mol. The molecule has 0 saturated heterocycles. The molecule has 1 saturated carbocycles. The first-order valence-electron chi connectivity index (χ1n) is 9.09. The van der Waals surface area contributed by atoms with Crippen LogP contribution in [0.4, 0.5) is 0 Å². The molecule has 4 rings (SSSR count). The number of nitrogens with one attached hydrogen (secondary N) is 2. The minimum atomic E-state index is -1.06. The monoisotopic (exact) mass is 374 g/mol. The third-order valence-electron chi connectivity index (χ3n) is 5.13. The van der Waals surface area contributed by atoms with Crippen molar-refractivity contribution in [1.82, 2.24) is 15.8 Å². The van der Waals surface area contributed by atoms with E-state index in [1.165, 1.54) is 6.26 Å². The van der Waals surface area contributed by atoms with Crippen molar-refractivity contribution >= 4 is 22.7 Å². The normalized spacial score (nSPS) is 15.1. The molecule has 0 spiro atoms. The van der Waals surface area contributed by atoms with Crippen molar-refractivity contribution in [2.75, 3.05) is 0 Å². The Hall–Kier alpha value is -3.66. The fraction of sp³-hybridized carbons (Fsp3) is 0.238. The Morgan fingerprint density at radius 1 is 1.11 bits per heavy atom. The van der Waals surface area contributed by atoms with E-state index in [0.717, 1.165) is 12.8 Å². The fourth-order valence-electron chi connectivity index (χ4n) is 3.58. The van der Waals surface area contributed by atoms with E-state index in [9.17, 15) is 14.9 Å². The Labute approximate surface area is 161 Å². The van der Waals surface area contributed by atoms with E-state index in [4.69, 9.17) is 4.42 Å². The van der Waals surface area contributed by atoms with Crippen molar-refractivity contribution in [3.63, 3.8) is 0 Å². The summed E-state index contributed by atoms with van der Waals surface area (Å²) < 4.78 is 5.40. The molecular formula is C21H18N4O3. The van der Waals surface area contributed by atoms with Crippen LogP contribution in [0.2, 0.25) is 0 Å². The summed E-state index contributed by atoms with van der Waals surface area (Å²) >= 11 is 0. The number of carbonyl (C=O) groups excluding carboxylic acids is 2. The molecule has 0 aliphatic heterocycles. The van der Waals surface area contributed by atoms with Gasteiger partial charge in [-0.25, -0.2) is 4.98 Å². The summed E-state index contributed by atoms with van der Waals surface area (Å²) in [5.74, 6) is -0.408. The number of fused-ring (bicyclic) bond motifs is 1. The molecule has 2 aromatic heterocycles. The van der Waals surface area contributed by atoms with Gasteiger partial charge in [-0.3, -0.25) is 20.4 Å². The van der Waals surface area contributed by atoms with Crippen LogP contribution in [0.3, 0.4) is 0 Å². The average molecular weight is 374 g/mol. The van der Waals surface area contributed by atoms with Crippen molar-refractivity contribution in [1.29, 1.82) is 5.26 Å². The topological polar surface area (TPSA) is 108 Å². The van der Waals surface area contributed by atoms with E-state index in [2.05, 4.69) is 21.9 Å². The lowest BCUT2D eigenvalue weighted by molar-refractivity contribution is -0.128.